The molecule has 7 heteroatoms. The number of aromatic nitrogens is 1. The van der Waals surface area contributed by atoms with E-state index in [2.05, 4.69) is 11.7 Å². The molecule has 2 heterocycles. The van der Waals surface area contributed by atoms with Crippen LogP contribution in [0, 0.1) is 0 Å². The summed E-state index contributed by atoms with van der Waals surface area (Å²) in [5.74, 6) is 0.613. The number of amides is 1. The minimum absolute atomic E-state index is 0.0456. The molecule has 0 saturated carbocycles. The van der Waals surface area contributed by atoms with Crippen molar-refractivity contribution in [3.05, 3.63) is 36.8 Å². The second-order valence-electron chi connectivity index (χ2n) is 4.83. The Balaban J connectivity index is 2.06. The number of thioether (sulfide) groups is 1. The normalized spacial score (nSPS) is 21.2. The summed E-state index contributed by atoms with van der Waals surface area (Å²) < 4.78 is 10.1. The Morgan fingerprint density at radius 3 is 3.09 bits per heavy atom. The molecule has 0 N–H and O–H groups in total. The summed E-state index contributed by atoms with van der Waals surface area (Å²) >= 11 is 1.26. The Morgan fingerprint density at radius 2 is 2.45 bits per heavy atom. The molecular formula is C15H18N2O4S. The molecule has 0 unspecified atom stereocenters. The van der Waals surface area contributed by atoms with Crippen LogP contribution in [0.1, 0.15) is 19.1 Å². The Labute approximate surface area is 133 Å². The SMILES string of the molecule is C=CCOC(=O)N1C[C@@H](SC(C)=O)C[C@H]1/C=C/c1ccno1. The van der Waals surface area contributed by atoms with Crippen LogP contribution < -0.4 is 0 Å². The van der Waals surface area contributed by atoms with Gasteiger partial charge in [-0.1, -0.05) is 35.6 Å². The zero-order chi connectivity index (χ0) is 15.9. The van der Waals surface area contributed by atoms with Gasteiger partial charge in [-0.05, 0) is 12.5 Å². The van der Waals surface area contributed by atoms with Crippen LogP contribution in [0.5, 0.6) is 0 Å². The first-order chi connectivity index (χ1) is 10.6. The summed E-state index contributed by atoms with van der Waals surface area (Å²) in [6.45, 7) is 5.70. The number of carbonyl (C=O) groups is 2. The second kappa shape index (κ2) is 7.84. The molecular weight excluding hydrogens is 304 g/mol. The van der Waals surface area contributed by atoms with Crippen LogP contribution in [0.4, 0.5) is 4.79 Å². The summed E-state index contributed by atoms with van der Waals surface area (Å²) in [6, 6.07) is 1.59. The Morgan fingerprint density at radius 1 is 1.64 bits per heavy atom. The predicted octanol–water partition coefficient (Wildman–Crippen LogP) is 2.73. The van der Waals surface area contributed by atoms with Crippen LogP contribution in [0.25, 0.3) is 6.08 Å². The van der Waals surface area contributed by atoms with E-state index in [0.29, 0.717) is 18.7 Å². The van der Waals surface area contributed by atoms with Gasteiger partial charge in [0.15, 0.2) is 10.9 Å². The quantitative estimate of drug-likeness (QED) is 0.776. The van der Waals surface area contributed by atoms with E-state index in [1.807, 2.05) is 6.08 Å². The van der Waals surface area contributed by atoms with Crippen molar-refractivity contribution in [1.29, 1.82) is 0 Å². The highest BCUT2D eigenvalue weighted by molar-refractivity contribution is 8.14. The monoisotopic (exact) mass is 322 g/mol. The van der Waals surface area contributed by atoms with E-state index in [4.69, 9.17) is 9.26 Å². The van der Waals surface area contributed by atoms with Gasteiger partial charge in [-0.2, -0.15) is 0 Å². The number of nitrogens with zero attached hydrogens (tertiary/aromatic N) is 2. The molecule has 1 fully saturated rings. The van der Waals surface area contributed by atoms with E-state index in [0.717, 1.165) is 0 Å². The van der Waals surface area contributed by atoms with Gasteiger partial charge in [0.2, 0.25) is 0 Å². The largest absolute Gasteiger partial charge is 0.445 e. The summed E-state index contributed by atoms with van der Waals surface area (Å²) in [5.41, 5.74) is 0. The molecule has 0 radical (unpaired) electrons. The van der Waals surface area contributed by atoms with Crippen LogP contribution in [0.15, 0.2) is 35.5 Å². The smallest absolute Gasteiger partial charge is 0.410 e. The third-order valence-electron chi connectivity index (χ3n) is 3.14. The lowest BCUT2D eigenvalue weighted by molar-refractivity contribution is -0.109. The van der Waals surface area contributed by atoms with Crippen molar-refractivity contribution in [2.24, 2.45) is 0 Å². The van der Waals surface area contributed by atoms with Crippen LogP contribution >= 0.6 is 11.8 Å². The Kier molecular flexibility index (Phi) is 5.83. The molecule has 118 valence electrons. The van der Waals surface area contributed by atoms with E-state index in [9.17, 15) is 9.59 Å². The molecule has 1 aromatic rings. The van der Waals surface area contributed by atoms with Crippen LogP contribution in [-0.4, -0.2) is 45.7 Å². The highest BCUT2D eigenvalue weighted by atomic mass is 32.2. The first kappa shape index (κ1) is 16.4. The lowest BCUT2D eigenvalue weighted by atomic mass is 10.2. The van der Waals surface area contributed by atoms with Gasteiger partial charge in [-0.15, -0.1) is 0 Å². The maximum atomic E-state index is 12.1. The number of likely N-dealkylation sites (tertiary alicyclic amines) is 1. The number of rotatable bonds is 5. The molecule has 2 atom stereocenters. The number of hydrogen-bond donors (Lipinski definition) is 0. The molecule has 22 heavy (non-hydrogen) atoms. The van der Waals surface area contributed by atoms with Gasteiger partial charge >= 0.3 is 6.09 Å². The van der Waals surface area contributed by atoms with Gasteiger partial charge in [0.1, 0.15) is 6.61 Å². The van der Waals surface area contributed by atoms with Gasteiger partial charge in [0.05, 0.1) is 12.2 Å². The topological polar surface area (TPSA) is 72.6 Å². The first-order valence-electron chi connectivity index (χ1n) is 6.90. The number of carbonyl (C=O) groups excluding carboxylic acids is 2. The molecule has 6 nitrogen and oxygen atoms in total. The third kappa shape index (κ3) is 4.49. The molecule has 0 bridgehead atoms. The molecule has 0 aromatic carbocycles. The summed E-state index contributed by atoms with van der Waals surface area (Å²) in [7, 11) is 0. The van der Waals surface area contributed by atoms with Gasteiger partial charge < -0.3 is 14.2 Å². The lowest BCUT2D eigenvalue weighted by Gasteiger charge is -2.21. The van der Waals surface area contributed by atoms with Gasteiger partial charge in [-0.3, -0.25) is 4.79 Å². The van der Waals surface area contributed by atoms with Crippen molar-refractivity contribution in [2.75, 3.05) is 13.2 Å². The van der Waals surface area contributed by atoms with Crippen molar-refractivity contribution >= 4 is 29.0 Å². The molecule has 0 spiro atoms. The summed E-state index contributed by atoms with van der Waals surface area (Å²) in [4.78, 5) is 25.0. The molecule has 1 saturated heterocycles. The average Bonchev–Trinajstić information content (AvgIpc) is 3.11. The Hall–Kier alpha value is -2.02. The minimum atomic E-state index is -0.404. The van der Waals surface area contributed by atoms with E-state index >= 15 is 0 Å². The van der Waals surface area contributed by atoms with Crippen molar-refractivity contribution in [3.63, 3.8) is 0 Å². The molecule has 1 aromatic heterocycles. The van der Waals surface area contributed by atoms with Gasteiger partial charge in [0, 0.05) is 24.8 Å². The fourth-order valence-corrected chi connectivity index (χ4v) is 3.27. The van der Waals surface area contributed by atoms with Gasteiger partial charge in [-0.25, -0.2) is 4.79 Å². The molecule has 1 aliphatic heterocycles. The third-order valence-corrected chi connectivity index (χ3v) is 4.14. The molecule has 1 amide bonds. The van der Waals surface area contributed by atoms with E-state index < -0.39 is 6.09 Å². The number of hydrogen-bond acceptors (Lipinski definition) is 6. The fraction of sp³-hybridized carbons (Fsp3) is 0.400. The summed E-state index contributed by atoms with van der Waals surface area (Å²) in [6.07, 6.45) is 7.01. The zero-order valence-electron chi connectivity index (χ0n) is 12.3. The highest BCUT2D eigenvalue weighted by Gasteiger charge is 2.35. The van der Waals surface area contributed by atoms with Crippen molar-refractivity contribution in [3.8, 4) is 0 Å². The lowest BCUT2D eigenvalue weighted by Crippen LogP contribution is -2.35. The number of ether oxygens (including phenoxy) is 1. The van der Waals surface area contributed by atoms with Crippen LogP contribution in [0.3, 0.4) is 0 Å². The maximum absolute atomic E-state index is 12.1. The minimum Gasteiger partial charge on any atom is -0.445 e. The van der Waals surface area contributed by atoms with E-state index in [1.54, 1.807) is 23.2 Å². The Bertz CT molecular complexity index is 556. The highest BCUT2D eigenvalue weighted by Crippen LogP contribution is 2.29. The molecule has 2 rings (SSSR count). The second-order valence-corrected chi connectivity index (χ2v) is 6.30. The molecule has 1 aliphatic rings. The van der Waals surface area contributed by atoms with Crippen molar-refractivity contribution in [2.45, 2.75) is 24.6 Å². The van der Waals surface area contributed by atoms with Crippen molar-refractivity contribution < 1.29 is 18.8 Å². The summed E-state index contributed by atoms with van der Waals surface area (Å²) in [5, 5.41) is 3.74. The van der Waals surface area contributed by atoms with E-state index in [1.165, 1.54) is 24.8 Å². The van der Waals surface area contributed by atoms with E-state index in [-0.39, 0.29) is 23.0 Å². The average molecular weight is 322 g/mol. The maximum Gasteiger partial charge on any atom is 0.410 e. The standard InChI is InChI=1S/C15H18N2O4S/c1-3-8-20-15(19)17-10-14(22-11(2)18)9-12(17)4-5-13-6-7-16-21-13/h3-7,12,14H,1,8-10H2,2H3/b5-4+/t12-,14+/m1/s1. The molecule has 0 aliphatic carbocycles. The fourth-order valence-electron chi connectivity index (χ4n) is 2.27. The van der Waals surface area contributed by atoms with Crippen LogP contribution in [0.2, 0.25) is 0 Å². The zero-order valence-corrected chi connectivity index (χ0v) is 13.1. The van der Waals surface area contributed by atoms with Crippen LogP contribution in [-0.2, 0) is 9.53 Å². The van der Waals surface area contributed by atoms with Gasteiger partial charge in [0.25, 0.3) is 0 Å². The van der Waals surface area contributed by atoms with Crippen molar-refractivity contribution in [1.82, 2.24) is 10.1 Å². The first-order valence-corrected chi connectivity index (χ1v) is 7.78. The predicted molar refractivity (Wildman–Crippen MR) is 84.3 cm³/mol.